The molecule has 2 aromatic carbocycles. The van der Waals surface area contributed by atoms with Crippen molar-refractivity contribution in [3.8, 4) is 39.6 Å². The predicted octanol–water partition coefficient (Wildman–Crippen LogP) is 6.35. The number of thioether (sulfide) groups is 1. The zero-order valence-corrected chi connectivity index (χ0v) is 22.7. The molecule has 0 bridgehead atoms. The van der Waals surface area contributed by atoms with Crippen molar-refractivity contribution in [2.24, 2.45) is 0 Å². The van der Waals surface area contributed by atoms with Gasteiger partial charge >= 0.3 is 0 Å². The van der Waals surface area contributed by atoms with Crippen molar-refractivity contribution >= 4 is 46.3 Å². The van der Waals surface area contributed by atoms with E-state index in [1.54, 1.807) is 24.3 Å². The topological polar surface area (TPSA) is 112 Å². The number of thiazole rings is 1. The van der Waals surface area contributed by atoms with Gasteiger partial charge in [0.2, 0.25) is 0 Å². The molecule has 7 nitrogen and oxygen atoms in total. The largest absolute Gasteiger partial charge is 0.485 e. The normalized spacial score (nSPS) is 16.7. The molecule has 4 aromatic rings. The zero-order valence-electron chi connectivity index (χ0n) is 19.6. The monoisotopic (exact) mass is 580 g/mol. The molecular formula is C27H18Cl2N4O3S2. The summed E-state index contributed by atoms with van der Waals surface area (Å²) >= 11 is 15.2. The zero-order chi connectivity index (χ0) is 26.6. The van der Waals surface area contributed by atoms with E-state index >= 15 is 0 Å². The van der Waals surface area contributed by atoms with E-state index in [1.165, 1.54) is 23.1 Å². The van der Waals surface area contributed by atoms with Crippen LogP contribution in [0.15, 0.2) is 58.9 Å². The van der Waals surface area contributed by atoms with Crippen molar-refractivity contribution in [3.63, 3.8) is 0 Å². The van der Waals surface area contributed by atoms with Gasteiger partial charge in [-0.2, -0.15) is 10.5 Å². The highest BCUT2D eigenvalue weighted by Crippen LogP contribution is 2.38. The maximum Gasteiger partial charge on any atom is 0.150 e. The average Bonchev–Trinajstić information content (AvgIpc) is 3.57. The molecule has 0 spiro atoms. The number of aliphatic hydroxyl groups is 1. The lowest BCUT2D eigenvalue weighted by Gasteiger charge is -2.16. The molecule has 1 N–H and O–H groups in total. The number of rotatable bonds is 7. The minimum absolute atomic E-state index is 0.0238. The molecule has 0 amide bonds. The van der Waals surface area contributed by atoms with Crippen LogP contribution in [0.4, 0.5) is 0 Å². The first-order valence-electron chi connectivity index (χ1n) is 11.4. The second-order valence-corrected chi connectivity index (χ2v) is 10.9. The molecule has 1 fully saturated rings. The van der Waals surface area contributed by atoms with Gasteiger partial charge < -0.3 is 14.6 Å². The Morgan fingerprint density at radius 3 is 2.37 bits per heavy atom. The molecule has 1 aliphatic heterocycles. The summed E-state index contributed by atoms with van der Waals surface area (Å²) in [6.45, 7) is 0.542. The van der Waals surface area contributed by atoms with E-state index in [0.29, 0.717) is 39.3 Å². The summed E-state index contributed by atoms with van der Waals surface area (Å²) in [5.74, 6) is 1.00. The highest BCUT2D eigenvalue weighted by Gasteiger charge is 2.28. The number of nitriles is 2. The number of benzene rings is 2. The SMILES string of the molecule is N#Cc1c(Cl)nc(SCc2csc(-c3ccc(Cl)cc3)n2)c(C#N)c1-c1ccc(OC2COCC2O)cc1. The van der Waals surface area contributed by atoms with Crippen LogP contribution in [-0.4, -0.2) is 40.5 Å². The van der Waals surface area contributed by atoms with Gasteiger partial charge in [0, 0.05) is 27.3 Å². The first-order valence-corrected chi connectivity index (χ1v) is 14.0. The van der Waals surface area contributed by atoms with Crippen LogP contribution >= 0.6 is 46.3 Å². The summed E-state index contributed by atoms with van der Waals surface area (Å²) in [5, 5.41) is 33.7. The lowest BCUT2D eigenvalue weighted by molar-refractivity contribution is 0.0733. The van der Waals surface area contributed by atoms with E-state index < -0.39 is 12.2 Å². The van der Waals surface area contributed by atoms with Crippen LogP contribution in [-0.2, 0) is 10.5 Å². The molecule has 2 unspecified atom stereocenters. The van der Waals surface area contributed by atoms with Crippen LogP contribution in [0.1, 0.15) is 16.8 Å². The Labute approximate surface area is 237 Å². The van der Waals surface area contributed by atoms with Crippen molar-refractivity contribution in [1.82, 2.24) is 9.97 Å². The van der Waals surface area contributed by atoms with E-state index in [-0.39, 0.29) is 22.9 Å². The summed E-state index contributed by atoms with van der Waals surface area (Å²) in [4.78, 5) is 9.06. The fourth-order valence-electron chi connectivity index (χ4n) is 3.89. The number of hydrogen-bond acceptors (Lipinski definition) is 9. The number of nitrogens with zero attached hydrogens (tertiary/aromatic N) is 4. The Morgan fingerprint density at radius 1 is 1.00 bits per heavy atom. The van der Waals surface area contributed by atoms with Crippen molar-refractivity contribution in [1.29, 1.82) is 10.5 Å². The quantitative estimate of drug-likeness (QED) is 0.198. The molecule has 0 radical (unpaired) electrons. The van der Waals surface area contributed by atoms with Gasteiger partial charge in [-0.25, -0.2) is 9.97 Å². The number of halogens is 2. The van der Waals surface area contributed by atoms with Crippen LogP contribution in [0.3, 0.4) is 0 Å². The fraction of sp³-hybridized carbons (Fsp3) is 0.185. The van der Waals surface area contributed by atoms with E-state index in [2.05, 4.69) is 17.1 Å². The average molecular weight is 582 g/mol. The van der Waals surface area contributed by atoms with Crippen LogP contribution in [0.5, 0.6) is 5.75 Å². The molecule has 0 aliphatic carbocycles. The second-order valence-electron chi connectivity index (χ2n) is 8.28. The number of aromatic nitrogens is 2. The second kappa shape index (κ2) is 11.7. The lowest BCUT2D eigenvalue weighted by Crippen LogP contribution is -2.29. The Hall–Kier alpha value is -3.15. The third kappa shape index (κ3) is 5.64. The summed E-state index contributed by atoms with van der Waals surface area (Å²) in [7, 11) is 0. The van der Waals surface area contributed by atoms with Crippen LogP contribution in [0.25, 0.3) is 21.7 Å². The Balaban J connectivity index is 1.40. The van der Waals surface area contributed by atoms with Gasteiger partial charge in [0.1, 0.15) is 45.3 Å². The Kier molecular flexibility index (Phi) is 8.15. The first kappa shape index (κ1) is 26.5. The van der Waals surface area contributed by atoms with E-state index in [0.717, 1.165) is 16.3 Å². The molecular weight excluding hydrogens is 563 g/mol. The summed E-state index contributed by atoms with van der Waals surface area (Å²) in [5.41, 5.74) is 3.22. The minimum Gasteiger partial charge on any atom is -0.485 e. The molecule has 2 atom stereocenters. The molecule has 0 saturated carbocycles. The van der Waals surface area contributed by atoms with Gasteiger partial charge in [-0.3, -0.25) is 0 Å². The first-order chi connectivity index (χ1) is 18.5. The number of aliphatic hydroxyl groups excluding tert-OH is 1. The van der Waals surface area contributed by atoms with Crippen molar-refractivity contribution in [3.05, 3.63) is 80.9 Å². The van der Waals surface area contributed by atoms with Crippen molar-refractivity contribution in [2.45, 2.75) is 23.0 Å². The lowest BCUT2D eigenvalue weighted by atomic mass is 9.97. The maximum absolute atomic E-state index is 10.1. The van der Waals surface area contributed by atoms with Crippen LogP contribution in [0, 0.1) is 22.7 Å². The van der Waals surface area contributed by atoms with E-state index in [9.17, 15) is 15.6 Å². The smallest absolute Gasteiger partial charge is 0.150 e. The summed E-state index contributed by atoms with van der Waals surface area (Å²) in [6, 6.07) is 18.7. The van der Waals surface area contributed by atoms with Gasteiger partial charge in [-0.15, -0.1) is 11.3 Å². The molecule has 5 rings (SSSR count). The number of hydrogen-bond donors (Lipinski definition) is 1. The van der Waals surface area contributed by atoms with Gasteiger partial charge in [0.15, 0.2) is 0 Å². The standard InChI is InChI=1S/C27H18Cl2N4O3S2/c28-17-5-1-16(2-6-17)26-32-18(13-37-26)14-38-27-21(10-31)24(20(9-30)25(29)33-27)15-3-7-19(8-4-15)36-23-12-35-11-22(23)34/h1-8,13,22-23,34H,11-12,14H2. The predicted molar refractivity (Wildman–Crippen MR) is 147 cm³/mol. The Morgan fingerprint density at radius 2 is 1.71 bits per heavy atom. The highest BCUT2D eigenvalue weighted by molar-refractivity contribution is 7.98. The molecule has 38 heavy (non-hydrogen) atoms. The van der Waals surface area contributed by atoms with Crippen LogP contribution in [0.2, 0.25) is 10.2 Å². The molecule has 1 aliphatic rings. The van der Waals surface area contributed by atoms with Gasteiger partial charge in [-0.05, 0) is 29.8 Å². The molecule has 190 valence electrons. The highest BCUT2D eigenvalue weighted by atomic mass is 35.5. The third-order valence-corrected chi connectivity index (χ3v) is 8.25. The number of pyridine rings is 1. The van der Waals surface area contributed by atoms with Crippen molar-refractivity contribution in [2.75, 3.05) is 13.2 Å². The molecule has 3 heterocycles. The van der Waals surface area contributed by atoms with Gasteiger partial charge in [0.25, 0.3) is 0 Å². The third-order valence-electron chi connectivity index (χ3n) is 5.77. The van der Waals surface area contributed by atoms with E-state index in [4.69, 9.17) is 37.7 Å². The maximum atomic E-state index is 10.1. The Bertz CT molecular complexity index is 1550. The molecule has 11 heteroatoms. The van der Waals surface area contributed by atoms with Gasteiger partial charge in [-0.1, -0.05) is 59.2 Å². The van der Waals surface area contributed by atoms with Crippen LogP contribution < -0.4 is 4.74 Å². The summed E-state index contributed by atoms with van der Waals surface area (Å²) < 4.78 is 11.0. The molecule has 2 aromatic heterocycles. The fourth-order valence-corrected chi connectivity index (χ4v) is 6.10. The number of ether oxygens (including phenoxy) is 2. The minimum atomic E-state index is -0.691. The van der Waals surface area contributed by atoms with Gasteiger partial charge in [0.05, 0.1) is 30.0 Å². The van der Waals surface area contributed by atoms with Crippen molar-refractivity contribution < 1.29 is 14.6 Å². The summed E-state index contributed by atoms with van der Waals surface area (Å²) in [6.07, 6.45) is -1.14. The molecule has 1 saturated heterocycles. The van der Waals surface area contributed by atoms with E-state index in [1.807, 2.05) is 29.6 Å².